The molecule has 3 rings (SSSR count). The number of hydrogen-bond donors (Lipinski definition) is 1. The molecule has 0 saturated heterocycles. The summed E-state index contributed by atoms with van der Waals surface area (Å²) >= 11 is 0. The molecule has 98 valence electrons. The highest BCUT2D eigenvalue weighted by atomic mass is 16.4. The summed E-state index contributed by atoms with van der Waals surface area (Å²) in [4.78, 5) is 14.9. The van der Waals surface area contributed by atoms with Gasteiger partial charge in [0.1, 0.15) is 0 Å². The molecule has 1 aliphatic carbocycles. The van der Waals surface area contributed by atoms with Crippen LogP contribution in [0.5, 0.6) is 0 Å². The Morgan fingerprint density at radius 1 is 1.42 bits per heavy atom. The summed E-state index contributed by atoms with van der Waals surface area (Å²) in [6.45, 7) is 0. The first-order valence-corrected chi connectivity index (χ1v) is 6.52. The highest BCUT2D eigenvalue weighted by molar-refractivity contribution is 5.70. The topological polar surface area (TPSA) is 55.1 Å². The average molecular weight is 256 g/mol. The van der Waals surface area contributed by atoms with Crippen molar-refractivity contribution in [2.24, 2.45) is 0 Å². The fourth-order valence-corrected chi connectivity index (χ4v) is 2.82. The van der Waals surface area contributed by atoms with Gasteiger partial charge in [0.05, 0.1) is 12.7 Å². The van der Waals surface area contributed by atoms with E-state index in [-0.39, 0.29) is 6.42 Å². The van der Waals surface area contributed by atoms with Crippen molar-refractivity contribution < 1.29 is 9.90 Å². The highest BCUT2D eigenvalue weighted by Crippen LogP contribution is 2.29. The van der Waals surface area contributed by atoms with Gasteiger partial charge in [0.25, 0.3) is 0 Å². The van der Waals surface area contributed by atoms with Crippen LogP contribution in [-0.4, -0.2) is 20.6 Å². The third kappa shape index (κ3) is 2.52. The van der Waals surface area contributed by atoms with Gasteiger partial charge in [-0.15, -0.1) is 0 Å². The number of fused-ring (bicyclic) bond motifs is 1. The lowest BCUT2D eigenvalue weighted by atomic mass is 9.87. The lowest BCUT2D eigenvalue weighted by Crippen LogP contribution is -2.18. The number of rotatable bonds is 3. The van der Waals surface area contributed by atoms with Crippen LogP contribution in [0.2, 0.25) is 0 Å². The highest BCUT2D eigenvalue weighted by Gasteiger charge is 2.20. The zero-order chi connectivity index (χ0) is 13.2. The maximum atomic E-state index is 10.8. The molecule has 0 amide bonds. The van der Waals surface area contributed by atoms with E-state index in [4.69, 9.17) is 5.11 Å². The Morgan fingerprint density at radius 2 is 2.32 bits per heavy atom. The first-order valence-electron chi connectivity index (χ1n) is 6.52. The number of carboxylic acid groups (broad SMARTS) is 1. The molecule has 1 unspecified atom stereocenters. The molecule has 0 fully saturated rings. The van der Waals surface area contributed by atoms with Crippen molar-refractivity contribution in [3.8, 4) is 0 Å². The van der Waals surface area contributed by atoms with Gasteiger partial charge in [-0.25, -0.2) is 4.98 Å². The maximum absolute atomic E-state index is 10.8. The summed E-state index contributed by atoms with van der Waals surface area (Å²) in [5.41, 5.74) is 3.52. The number of hydrogen-bond acceptors (Lipinski definition) is 2. The number of carbonyl (C=O) groups is 1. The van der Waals surface area contributed by atoms with Crippen LogP contribution < -0.4 is 0 Å². The van der Waals surface area contributed by atoms with Gasteiger partial charge in [-0.1, -0.05) is 18.2 Å². The van der Waals surface area contributed by atoms with Crippen molar-refractivity contribution in [3.63, 3.8) is 0 Å². The van der Waals surface area contributed by atoms with Crippen molar-refractivity contribution in [3.05, 3.63) is 53.6 Å². The zero-order valence-electron chi connectivity index (χ0n) is 10.6. The van der Waals surface area contributed by atoms with E-state index in [1.54, 1.807) is 6.20 Å². The Morgan fingerprint density at radius 3 is 3.05 bits per heavy atom. The van der Waals surface area contributed by atoms with Crippen molar-refractivity contribution in [2.45, 2.75) is 31.7 Å². The normalized spacial score (nSPS) is 18.0. The van der Waals surface area contributed by atoms with E-state index < -0.39 is 5.97 Å². The SMILES string of the molecule is O=C(O)Cc1ccc2c(c1)CC(n1ccnc1)CC2. The number of carboxylic acids is 1. The number of nitrogens with zero attached hydrogens (tertiary/aromatic N) is 2. The van der Waals surface area contributed by atoms with E-state index in [0.717, 1.165) is 24.8 Å². The second-order valence-electron chi connectivity index (χ2n) is 5.08. The third-order valence-corrected chi connectivity index (χ3v) is 3.77. The first kappa shape index (κ1) is 12.0. The minimum absolute atomic E-state index is 0.100. The maximum Gasteiger partial charge on any atom is 0.307 e. The fourth-order valence-electron chi connectivity index (χ4n) is 2.82. The molecule has 1 heterocycles. The Bertz CT molecular complexity index is 590. The quantitative estimate of drug-likeness (QED) is 0.916. The Labute approximate surface area is 111 Å². The average Bonchev–Trinajstić information content (AvgIpc) is 2.91. The molecular weight excluding hydrogens is 240 g/mol. The van der Waals surface area contributed by atoms with Crippen LogP contribution in [0, 0.1) is 0 Å². The standard InChI is InChI=1S/C15H16N2O2/c18-15(19)8-11-1-2-12-3-4-14(9-13(12)7-11)17-6-5-16-10-17/h1-2,5-7,10,14H,3-4,8-9H2,(H,18,19). The van der Waals surface area contributed by atoms with E-state index in [9.17, 15) is 4.79 Å². The molecule has 1 aliphatic rings. The summed E-state index contributed by atoms with van der Waals surface area (Å²) in [6.07, 6.45) is 8.87. The summed E-state index contributed by atoms with van der Waals surface area (Å²) in [6, 6.07) is 6.50. The largest absolute Gasteiger partial charge is 0.481 e. The fraction of sp³-hybridized carbons (Fsp3) is 0.333. The molecule has 0 radical (unpaired) electrons. The van der Waals surface area contributed by atoms with E-state index >= 15 is 0 Å². The Balaban J connectivity index is 1.84. The van der Waals surface area contributed by atoms with Crippen LogP contribution in [0.25, 0.3) is 0 Å². The van der Waals surface area contributed by atoms with Gasteiger partial charge >= 0.3 is 5.97 Å². The van der Waals surface area contributed by atoms with Crippen molar-refractivity contribution in [1.82, 2.24) is 9.55 Å². The van der Waals surface area contributed by atoms with Crippen LogP contribution >= 0.6 is 0 Å². The number of benzene rings is 1. The van der Waals surface area contributed by atoms with Gasteiger partial charge in [-0.05, 0) is 36.0 Å². The monoisotopic (exact) mass is 256 g/mol. The number of aryl methyl sites for hydroxylation is 1. The van der Waals surface area contributed by atoms with Crippen LogP contribution in [0.15, 0.2) is 36.9 Å². The van der Waals surface area contributed by atoms with Gasteiger partial charge in [-0.2, -0.15) is 0 Å². The number of aromatic nitrogens is 2. The molecule has 1 aromatic heterocycles. The predicted octanol–water partition coefficient (Wildman–Crippen LogP) is 2.24. The molecule has 1 aromatic carbocycles. The number of aliphatic carboxylic acids is 1. The van der Waals surface area contributed by atoms with Gasteiger partial charge in [0.15, 0.2) is 0 Å². The Hall–Kier alpha value is -2.10. The summed E-state index contributed by atoms with van der Waals surface area (Å²) in [5.74, 6) is -0.776. The van der Waals surface area contributed by atoms with Crippen molar-refractivity contribution >= 4 is 5.97 Å². The molecule has 0 spiro atoms. The molecule has 1 N–H and O–H groups in total. The van der Waals surface area contributed by atoms with Gasteiger partial charge in [0.2, 0.25) is 0 Å². The third-order valence-electron chi connectivity index (χ3n) is 3.77. The van der Waals surface area contributed by atoms with E-state index in [2.05, 4.69) is 15.6 Å². The Kier molecular flexibility index (Phi) is 3.07. The van der Waals surface area contributed by atoms with Crippen molar-refractivity contribution in [1.29, 1.82) is 0 Å². The van der Waals surface area contributed by atoms with E-state index in [1.165, 1.54) is 11.1 Å². The minimum atomic E-state index is -0.776. The summed E-state index contributed by atoms with van der Waals surface area (Å²) < 4.78 is 2.15. The van der Waals surface area contributed by atoms with Crippen LogP contribution in [0.3, 0.4) is 0 Å². The second-order valence-corrected chi connectivity index (χ2v) is 5.08. The second kappa shape index (κ2) is 4.88. The smallest absolute Gasteiger partial charge is 0.307 e. The molecular formula is C15H16N2O2. The van der Waals surface area contributed by atoms with E-state index in [0.29, 0.717) is 6.04 Å². The summed E-state index contributed by atoms with van der Waals surface area (Å²) in [5, 5.41) is 8.86. The molecule has 19 heavy (non-hydrogen) atoms. The molecule has 0 saturated carbocycles. The van der Waals surface area contributed by atoms with Crippen LogP contribution in [0.1, 0.15) is 29.2 Å². The van der Waals surface area contributed by atoms with Crippen LogP contribution in [-0.2, 0) is 24.1 Å². The first-order chi connectivity index (χ1) is 9.22. The molecule has 0 bridgehead atoms. The van der Waals surface area contributed by atoms with Gasteiger partial charge in [-0.3, -0.25) is 4.79 Å². The van der Waals surface area contributed by atoms with Crippen LogP contribution in [0.4, 0.5) is 0 Å². The molecule has 1 atom stereocenters. The van der Waals surface area contributed by atoms with Gasteiger partial charge in [0, 0.05) is 18.4 Å². The van der Waals surface area contributed by atoms with E-state index in [1.807, 2.05) is 24.7 Å². The lowest BCUT2D eigenvalue weighted by molar-refractivity contribution is -0.136. The minimum Gasteiger partial charge on any atom is -0.481 e. The molecule has 4 heteroatoms. The number of imidazole rings is 1. The van der Waals surface area contributed by atoms with Gasteiger partial charge < -0.3 is 9.67 Å². The molecule has 0 aliphatic heterocycles. The molecule has 4 nitrogen and oxygen atoms in total. The lowest BCUT2D eigenvalue weighted by Gasteiger charge is -2.26. The molecule has 2 aromatic rings. The zero-order valence-corrected chi connectivity index (χ0v) is 10.6. The summed E-state index contributed by atoms with van der Waals surface area (Å²) in [7, 11) is 0. The van der Waals surface area contributed by atoms with Crippen molar-refractivity contribution in [2.75, 3.05) is 0 Å². The predicted molar refractivity (Wildman–Crippen MR) is 71.1 cm³/mol.